The molecule has 5 aromatic rings. The highest BCUT2D eigenvalue weighted by Gasteiger charge is 2.33. The number of rotatable bonds is 2. The first-order chi connectivity index (χ1) is 17.3. The van der Waals surface area contributed by atoms with E-state index in [-0.39, 0.29) is 10.8 Å². The van der Waals surface area contributed by atoms with E-state index >= 15 is 0 Å². The average molecular weight is 509 g/mol. The van der Waals surface area contributed by atoms with Gasteiger partial charge < -0.3 is 4.42 Å². The molecule has 6 rings (SSSR count). The van der Waals surface area contributed by atoms with Crippen LogP contribution in [0.25, 0.3) is 44.0 Å². The summed E-state index contributed by atoms with van der Waals surface area (Å²) in [6.45, 7) is 18.4. The maximum atomic E-state index is 6.65. The van der Waals surface area contributed by atoms with Crippen LogP contribution in [0.5, 0.6) is 0 Å². The van der Waals surface area contributed by atoms with Gasteiger partial charge in [-0.05, 0) is 71.9 Å². The highest BCUT2D eigenvalue weighted by atomic mass is 32.2. The van der Waals surface area contributed by atoms with Crippen LogP contribution in [0.15, 0.2) is 56.8 Å². The predicted molar refractivity (Wildman–Crippen MR) is 158 cm³/mol. The fraction of sp³-hybridized carbons (Fsp3) is 0.382. The van der Waals surface area contributed by atoms with Crippen molar-refractivity contribution in [3.05, 3.63) is 64.8 Å². The van der Waals surface area contributed by atoms with E-state index in [0.29, 0.717) is 0 Å². The molecular formula is C34H38NOS+. The molecule has 0 radical (unpaired) electrons. The van der Waals surface area contributed by atoms with Crippen LogP contribution in [0.2, 0.25) is 0 Å². The van der Waals surface area contributed by atoms with Crippen molar-refractivity contribution in [3.8, 4) is 11.3 Å². The summed E-state index contributed by atoms with van der Waals surface area (Å²) in [6, 6.07) is 13.9. The summed E-state index contributed by atoms with van der Waals surface area (Å²) in [7, 11) is 2.19. The molecule has 37 heavy (non-hydrogen) atoms. The summed E-state index contributed by atoms with van der Waals surface area (Å²) in [5.41, 5.74) is 10.7. The van der Waals surface area contributed by atoms with Crippen molar-refractivity contribution in [3.63, 3.8) is 0 Å². The molecule has 3 aromatic carbocycles. The number of aromatic nitrogens is 1. The van der Waals surface area contributed by atoms with Gasteiger partial charge >= 0.3 is 0 Å². The molecule has 0 saturated carbocycles. The van der Waals surface area contributed by atoms with Crippen LogP contribution in [0.1, 0.15) is 63.8 Å². The zero-order chi connectivity index (χ0) is 26.4. The van der Waals surface area contributed by atoms with Gasteiger partial charge in [0.25, 0.3) is 0 Å². The molecule has 0 N–H and O–H groups in total. The smallest absolute Gasteiger partial charge is 0.222 e. The largest absolute Gasteiger partial charge is 0.455 e. The van der Waals surface area contributed by atoms with Crippen molar-refractivity contribution in [2.75, 3.05) is 0 Å². The minimum atomic E-state index is 0.222. The molecule has 0 fully saturated rings. The lowest BCUT2D eigenvalue weighted by Crippen LogP contribution is -2.32. The molecule has 0 bridgehead atoms. The number of benzene rings is 3. The van der Waals surface area contributed by atoms with E-state index in [0.717, 1.165) is 24.0 Å². The molecule has 2 aromatic heterocycles. The van der Waals surface area contributed by atoms with Gasteiger partial charge in [-0.2, -0.15) is 0 Å². The first-order valence-electron chi connectivity index (χ1n) is 13.4. The van der Waals surface area contributed by atoms with E-state index in [2.05, 4.69) is 110 Å². The summed E-state index contributed by atoms with van der Waals surface area (Å²) in [6.07, 6.45) is 4.31. The van der Waals surface area contributed by atoms with Crippen LogP contribution < -0.4 is 4.57 Å². The zero-order valence-electron chi connectivity index (χ0n) is 23.7. The molecule has 0 saturated heterocycles. The first kappa shape index (κ1) is 24.6. The zero-order valence-corrected chi connectivity index (χ0v) is 24.5. The lowest BCUT2D eigenvalue weighted by atomic mass is 9.85. The summed E-state index contributed by atoms with van der Waals surface area (Å²) < 4.78 is 8.97. The first-order valence-corrected chi connectivity index (χ1v) is 14.2. The van der Waals surface area contributed by atoms with Crippen LogP contribution in [0.4, 0.5) is 0 Å². The third-order valence-electron chi connectivity index (χ3n) is 7.66. The number of aryl methyl sites for hydroxylation is 2. The standard InChI is InChI=1S/C34H38NOS/c1-19-14-22(18-34(6,7)8)32-28(20(19)2)30-29-24(12-13-35(30)9)31-25(16-27(29)37-32)23-11-10-21(15-26(23)36-31)17-33(3,4)5/h10-16H,17-18H2,1-9H3/q+1. The third-order valence-corrected chi connectivity index (χ3v) is 8.88. The summed E-state index contributed by atoms with van der Waals surface area (Å²) in [4.78, 5) is 2.76. The molecule has 1 aliphatic heterocycles. The molecule has 0 amide bonds. The van der Waals surface area contributed by atoms with Gasteiger partial charge in [0.2, 0.25) is 5.69 Å². The molecular weight excluding hydrogens is 470 g/mol. The lowest BCUT2D eigenvalue weighted by molar-refractivity contribution is -0.659. The van der Waals surface area contributed by atoms with Crippen molar-refractivity contribution in [2.45, 2.75) is 78.0 Å². The molecule has 3 heteroatoms. The van der Waals surface area contributed by atoms with Gasteiger partial charge in [-0.3, -0.25) is 0 Å². The minimum Gasteiger partial charge on any atom is -0.455 e. The van der Waals surface area contributed by atoms with E-state index < -0.39 is 0 Å². The van der Waals surface area contributed by atoms with E-state index in [1.54, 1.807) is 0 Å². The topological polar surface area (TPSA) is 17.0 Å². The van der Waals surface area contributed by atoms with Crippen LogP contribution in [-0.2, 0) is 19.9 Å². The van der Waals surface area contributed by atoms with Crippen molar-refractivity contribution < 1.29 is 8.98 Å². The predicted octanol–water partition coefficient (Wildman–Crippen LogP) is 9.49. The van der Waals surface area contributed by atoms with Gasteiger partial charge in [0.15, 0.2) is 6.20 Å². The van der Waals surface area contributed by atoms with Crippen molar-refractivity contribution in [1.82, 2.24) is 0 Å². The Kier molecular flexibility index (Phi) is 5.38. The normalized spacial score (nSPS) is 13.6. The molecule has 0 unspecified atom stereocenters. The van der Waals surface area contributed by atoms with E-state index in [1.165, 1.54) is 64.8 Å². The summed E-state index contributed by atoms with van der Waals surface area (Å²) in [5.74, 6) is 0. The monoisotopic (exact) mass is 508 g/mol. The Labute approximate surface area is 225 Å². The number of furan rings is 1. The molecule has 190 valence electrons. The second kappa shape index (κ2) is 8.11. The van der Waals surface area contributed by atoms with Gasteiger partial charge in [0.05, 0.1) is 10.9 Å². The Hall–Kier alpha value is -2.78. The Bertz CT molecular complexity index is 1740. The van der Waals surface area contributed by atoms with Gasteiger partial charge in [-0.25, -0.2) is 4.57 Å². The number of pyridine rings is 1. The van der Waals surface area contributed by atoms with Gasteiger partial charge in [0, 0.05) is 32.0 Å². The lowest BCUT2D eigenvalue weighted by Gasteiger charge is -2.26. The average Bonchev–Trinajstić information content (AvgIpc) is 3.14. The SMILES string of the molecule is Cc1cc(CC(C)(C)C)c2c(c1C)-c1c3c(cc4c5ccc(CC(C)(C)C)cc5oc4c3cc[n+]1C)S2. The Morgan fingerprint density at radius 1 is 0.838 bits per heavy atom. The highest BCUT2D eigenvalue weighted by Crippen LogP contribution is 2.52. The van der Waals surface area contributed by atoms with Gasteiger partial charge in [-0.15, -0.1) is 0 Å². The molecule has 0 atom stereocenters. The van der Waals surface area contributed by atoms with E-state index in [1.807, 2.05) is 11.8 Å². The van der Waals surface area contributed by atoms with E-state index in [9.17, 15) is 0 Å². The fourth-order valence-electron chi connectivity index (χ4n) is 6.08. The fourth-order valence-corrected chi connectivity index (χ4v) is 7.40. The minimum absolute atomic E-state index is 0.222. The number of nitrogens with zero attached hydrogens (tertiary/aromatic N) is 1. The molecule has 1 aliphatic rings. The van der Waals surface area contributed by atoms with Crippen LogP contribution >= 0.6 is 11.8 Å². The van der Waals surface area contributed by atoms with Crippen LogP contribution in [0, 0.1) is 24.7 Å². The molecule has 0 spiro atoms. The Morgan fingerprint density at radius 2 is 1.57 bits per heavy atom. The molecule has 3 heterocycles. The van der Waals surface area contributed by atoms with E-state index in [4.69, 9.17) is 4.42 Å². The molecule has 0 aliphatic carbocycles. The Balaban J connectivity index is 1.66. The van der Waals surface area contributed by atoms with Crippen molar-refractivity contribution >= 4 is 44.5 Å². The third kappa shape index (κ3) is 4.07. The number of fused-ring (bicyclic) bond motifs is 6. The van der Waals surface area contributed by atoms with Gasteiger partial charge in [-0.1, -0.05) is 71.5 Å². The van der Waals surface area contributed by atoms with Crippen LogP contribution in [0.3, 0.4) is 0 Å². The second-order valence-corrected chi connectivity index (χ2v) is 14.6. The Morgan fingerprint density at radius 3 is 2.27 bits per heavy atom. The van der Waals surface area contributed by atoms with Crippen molar-refractivity contribution in [2.24, 2.45) is 17.9 Å². The molecule has 2 nitrogen and oxygen atoms in total. The highest BCUT2D eigenvalue weighted by molar-refractivity contribution is 7.99. The quantitative estimate of drug-likeness (QED) is 0.217. The summed E-state index contributed by atoms with van der Waals surface area (Å²) >= 11 is 1.96. The number of hydrogen-bond acceptors (Lipinski definition) is 2. The second-order valence-electron chi connectivity index (χ2n) is 13.5. The maximum Gasteiger partial charge on any atom is 0.222 e. The maximum absolute atomic E-state index is 6.65. The van der Waals surface area contributed by atoms with Crippen molar-refractivity contribution in [1.29, 1.82) is 0 Å². The van der Waals surface area contributed by atoms with Crippen LogP contribution in [-0.4, -0.2) is 0 Å². The summed E-state index contributed by atoms with van der Waals surface area (Å²) in [5, 5.41) is 4.96. The van der Waals surface area contributed by atoms with Gasteiger partial charge in [0.1, 0.15) is 18.2 Å². The number of hydrogen-bond donors (Lipinski definition) is 0.